The molecule has 0 fully saturated rings. The molecular formula is C52H30N4. The fourth-order valence-electron chi connectivity index (χ4n) is 9.61. The van der Waals surface area contributed by atoms with Gasteiger partial charge in [-0.25, -0.2) is 9.97 Å². The minimum absolute atomic E-state index is 0.661. The Bertz CT molecular complexity index is 3740. The summed E-state index contributed by atoms with van der Waals surface area (Å²) in [4.78, 5) is 11.1. The molecule has 0 N–H and O–H groups in total. The Morgan fingerprint density at radius 1 is 0.339 bits per heavy atom. The number of aromatic nitrogens is 4. The third-order valence-electron chi connectivity index (χ3n) is 12.0. The number of rotatable bonds is 3. The lowest BCUT2D eigenvalue weighted by Crippen LogP contribution is -2.04. The van der Waals surface area contributed by atoms with Gasteiger partial charge in [0.05, 0.1) is 38.8 Å². The highest BCUT2D eigenvalue weighted by molar-refractivity contribution is 6.35. The summed E-state index contributed by atoms with van der Waals surface area (Å²) in [6.07, 6.45) is 0. The molecule has 0 amide bonds. The quantitative estimate of drug-likeness (QED) is 0.171. The molecule has 4 nitrogen and oxygen atoms in total. The number of hydrogen-bond donors (Lipinski definition) is 0. The summed E-state index contributed by atoms with van der Waals surface area (Å²) in [6, 6.07) is 65.7. The molecule has 0 bridgehead atoms. The summed E-state index contributed by atoms with van der Waals surface area (Å²) >= 11 is 0. The second-order valence-corrected chi connectivity index (χ2v) is 14.9. The molecule has 0 saturated carbocycles. The van der Waals surface area contributed by atoms with Crippen molar-refractivity contribution < 1.29 is 0 Å². The third-order valence-corrected chi connectivity index (χ3v) is 12.0. The SMILES string of the molecule is c1ccc(-c2ccc(-c3nc(-n4c5ccccc5c5cc6c7ccc8ccccc8c7n7c8ccccc8c(c54)c67)nc4ccc5ccccc5c34)cc2)cc1. The van der Waals surface area contributed by atoms with Crippen LogP contribution in [0.1, 0.15) is 0 Å². The average molecular weight is 711 g/mol. The van der Waals surface area contributed by atoms with Crippen LogP contribution in [0.15, 0.2) is 182 Å². The Hall–Kier alpha value is -7.56. The Balaban J connectivity index is 1.19. The highest BCUT2D eigenvalue weighted by atomic mass is 15.2. The maximum atomic E-state index is 5.62. The van der Waals surface area contributed by atoms with Crippen LogP contribution >= 0.6 is 0 Å². The predicted molar refractivity (Wildman–Crippen MR) is 234 cm³/mol. The average Bonchev–Trinajstić information content (AvgIpc) is 3.91. The molecule has 0 aliphatic carbocycles. The molecule has 0 radical (unpaired) electrons. The van der Waals surface area contributed by atoms with Crippen molar-refractivity contribution in [3.05, 3.63) is 182 Å². The van der Waals surface area contributed by atoms with E-state index >= 15 is 0 Å². The van der Waals surface area contributed by atoms with E-state index in [1.54, 1.807) is 0 Å². The van der Waals surface area contributed by atoms with E-state index in [-0.39, 0.29) is 0 Å². The van der Waals surface area contributed by atoms with E-state index in [1.165, 1.54) is 76.2 Å². The first-order valence-electron chi connectivity index (χ1n) is 19.2. The lowest BCUT2D eigenvalue weighted by atomic mass is 9.98. The lowest BCUT2D eigenvalue weighted by Gasteiger charge is -2.14. The maximum absolute atomic E-state index is 5.62. The van der Waals surface area contributed by atoms with Crippen molar-refractivity contribution in [2.75, 3.05) is 0 Å². The van der Waals surface area contributed by atoms with Gasteiger partial charge in [0.2, 0.25) is 5.95 Å². The summed E-state index contributed by atoms with van der Waals surface area (Å²) in [5.41, 5.74) is 11.2. The molecular weight excluding hydrogens is 681 g/mol. The molecule has 4 heteroatoms. The Morgan fingerprint density at radius 3 is 1.77 bits per heavy atom. The normalized spacial score (nSPS) is 12.3. The smallest absolute Gasteiger partial charge is 0.235 e. The Labute approximate surface area is 320 Å². The van der Waals surface area contributed by atoms with Crippen molar-refractivity contribution in [3.63, 3.8) is 0 Å². The number of para-hydroxylation sites is 2. The van der Waals surface area contributed by atoms with E-state index in [4.69, 9.17) is 9.97 Å². The molecule has 258 valence electrons. The van der Waals surface area contributed by atoms with E-state index < -0.39 is 0 Å². The van der Waals surface area contributed by atoms with Gasteiger partial charge in [0.15, 0.2) is 0 Å². The van der Waals surface area contributed by atoms with Gasteiger partial charge in [0.25, 0.3) is 0 Å². The van der Waals surface area contributed by atoms with Gasteiger partial charge in [-0.1, -0.05) is 158 Å². The predicted octanol–water partition coefficient (Wildman–Crippen LogP) is 13.5. The molecule has 9 aromatic carbocycles. The van der Waals surface area contributed by atoms with Crippen molar-refractivity contribution in [2.24, 2.45) is 0 Å². The molecule has 4 aromatic heterocycles. The van der Waals surface area contributed by atoms with Crippen molar-refractivity contribution >= 4 is 92.3 Å². The first kappa shape index (κ1) is 29.8. The molecule has 0 atom stereocenters. The topological polar surface area (TPSA) is 35.1 Å². The number of hydrogen-bond acceptors (Lipinski definition) is 2. The fraction of sp³-hybridized carbons (Fsp3) is 0. The lowest BCUT2D eigenvalue weighted by molar-refractivity contribution is 1.02. The van der Waals surface area contributed by atoms with Gasteiger partial charge in [-0.05, 0) is 51.6 Å². The van der Waals surface area contributed by atoms with Crippen LogP contribution in [0.4, 0.5) is 0 Å². The van der Waals surface area contributed by atoms with Gasteiger partial charge < -0.3 is 4.40 Å². The van der Waals surface area contributed by atoms with Crippen molar-refractivity contribution in [1.82, 2.24) is 18.9 Å². The van der Waals surface area contributed by atoms with E-state index in [0.29, 0.717) is 5.95 Å². The summed E-state index contributed by atoms with van der Waals surface area (Å²) in [6.45, 7) is 0. The van der Waals surface area contributed by atoms with Gasteiger partial charge in [-0.3, -0.25) is 4.57 Å². The highest BCUT2D eigenvalue weighted by Crippen LogP contribution is 2.47. The monoisotopic (exact) mass is 710 g/mol. The van der Waals surface area contributed by atoms with Crippen LogP contribution in [-0.2, 0) is 0 Å². The minimum Gasteiger partial charge on any atom is -0.307 e. The van der Waals surface area contributed by atoms with Crippen LogP contribution in [0.5, 0.6) is 0 Å². The molecule has 0 unspecified atom stereocenters. The standard InChI is InChI=1S/C52H30N4/c1-2-12-31(13-3-1)32-22-24-35(25-23-32)48-46-36-16-6-4-14-33(36)27-29-43(46)53-52(54-48)56-44-20-10-8-18-38(44)41-30-42-39-28-26-34-15-5-7-17-37(34)49(39)55-45-21-11-9-19-40(45)47(50(42)55)51(41)56/h1-30H. The summed E-state index contributed by atoms with van der Waals surface area (Å²) in [7, 11) is 0. The summed E-state index contributed by atoms with van der Waals surface area (Å²) in [5.74, 6) is 0.661. The van der Waals surface area contributed by atoms with Gasteiger partial charge in [0, 0.05) is 48.7 Å². The number of fused-ring (bicyclic) bond motifs is 15. The van der Waals surface area contributed by atoms with E-state index in [2.05, 4.69) is 191 Å². The molecule has 0 saturated heterocycles. The zero-order valence-electron chi connectivity index (χ0n) is 30.1. The molecule has 4 heterocycles. The van der Waals surface area contributed by atoms with Gasteiger partial charge in [-0.2, -0.15) is 0 Å². The zero-order chi connectivity index (χ0) is 36.5. The van der Waals surface area contributed by atoms with Gasteiger partial charge in [0.1, 0.15) is 0 Å². The Morgan fingerprint density at radius 2 is 0.946 bits per heavy atom. The third kappa shape index (κ3) is 3.92. The first-order valence-corrected chi connectivity index (χ1v) is 19.2. The molecule has 0 aliphatic rings. The van der Waals surface area contributed by atoms with E-state index in [9.17, 15) is 0 Å². The van der Waals surface area contributed by atoms with Crippen molar-refractivity contribution in [2.45, 2.75) is 0 Å². The van der Waals surface area contributed by atoms with Gasteiger partial charge in [-0.15, -0.1) is 0 Å². The summed E-state index contributed by atoms with van der Waals surface area (Å²) < 4.78 is 4.84. The zero-order valence-corrected chi connectivity index (χ0v) is 30.1. The van der Waals surface area contributed by atoms with Crippen LogP contribution < -0.4 is 0 Å². The molecule has 0 spiro atoms. The van der Waals surface area contributed by atoms with Crippen molar-refractivity contribution in [3.8, 4) is 28.3 Å². The van der Waals surface area contributed by atoms with Crippen LogP contribution in [0, 0.1) is 0 Å². The fourth-order valence-corrected chi connectivity index (χ4v) is 9.61. The van der Waals surface area contributed by atoms with Crippen molar-refractivity contribution in [1.29, 1.82) is 0 Å². The first-order chi connectivity index (χ1) is 27.8. The molecule has 13 rings (SSSR count). The van der Waals surface area contributed by atoms with Crippen LogP contribution in [0.3, 0.4) is 0 Å². The minimum atomic E-state index is 0.661. The van der Waals surface area contributed by atoms with E-state index in [1.807, 2.05) is 0 Å². The highest BCUT2D eigenvalue weighted by Gasteiger charge is 2.26. The molecule has 13 aromatic rings. The van der Waals surface area contributed by atoms with Crippen LogP contribution in [-0.4, -0.2) is 18.9 Å². The van der Waals surface area contributed by atoms with Gasteiger partial charge >= 0.3 is 0 Å². The Kier molecular flexibility index (Phi) is 5.86. The largest absolute Gasteiger partial charge is 0.307 e. The van der Waals surface area contributed by atoms with Crippen LogP contribution in [0.2, 0.25) is 0 Å². The molecule has 0 aliphatic heterocycles. The number of benzene rings is 9. The second kappa shape index (κ2) is 11.0. The second-order valence-electron chi connectivity index (χ2n) is 14.9. The molecule has 56 heavy (non-hydrogen) atoms. The number of nitrogens with zero attached hydrogens (tertiary/aromatic N) is 4. The maximum Gasteiger partial charge on any atom is 0.235 e. The summed E-state index contributed by atoms with van der Waals surface area (Å²) in [5, 5.41) is 13.2. The van der Waals surface area contributed by atoms with E-state index in [0.717, 1.165) is 38.6 Å². The van der Waals surface area contributed by atoms with Crippen LogP contribution in [0.25, 0.3) is 121 Å².